The van der Waals surface area contributed by atoms with Crippen LogP contribution in [0.2, 0.25) is 0 Å². The van der Waals surface area contributed by atoms with Gasteiger partial charge in [-0.15, -0.1) is 0 Å². The molecular weight excluding hydrogens is 336 g/mol. The highest BCUT2D eigenvalue weighted by Crippen LogP contribution is 2.31. The van der Waals surface area contributed by atoms with E-state index in [-0.39, 0.29) is 0 Å². The average molecular weight is 358 g/mol. The molecule has 2 heterocycles. The summed E-state index contributed by atoms with van der Waals surface area (Å²) < 4.78 is 4.09. The number of hydrogen-bond acceptors (Lipinski definition) is 3. The highest BCUT2D eigenvalue weighted by atomic mass is 16.3. The number of rotatable bonds is 6. The van der Waals surface area contributed by atoms with E-state index < -0.39 is 6.10 Å². The smallest absolute Gasteiger partial charge is 0.158 e. The molecule has 0 aliphatic rings. The molecular formula is C22H22N4O. The highest BCUT2D eigenvalue weighted by Gasteiger charge is 2.20. The fourth-order valence-corrected chi connectivity index (χ4v) is 3.31. The van der Waals surface area contributed by atoms with Crippen LogP contribution in [0.15, 0.2) is 79.4 Å². The van der Waals surface area contributed by atoms with E-state index in [1.165, 1.54) is 0 Å². The van der Waals surface area contributed by atoms with Crippen molar-refractivity contribution >= 4 is 0 Å². The van der Waals surface area contributed by atoms with Crippen molar-refractivity contribution in [1.29, 1.82) is 0 Å². The van der Waals surface area contributed by atoms with Crippen LogP contribution in [0.3, 0.4) is 0 Å². The largest absolute Gasteiger partial charge is 0.387 e. The number of aromatic nitrogens is 4. The predicted molar refractivity (Wildman–Crippen MR) is 106 cm³/mol. The van der Waals surface area contributed by atoms with Gasteiger partial charge in [0, 0.05) is 24.5 Å². The van der Waals surface area contributed by atoms with E-state index in [0.29, 0.717) is 6.54 Å². The topological polar surface area (TPSA) is 55.9 Å². The van der Waals surface area contributed by atoms with Crippen LogP contribution in [-0.2, 0) is 13.1 Å². The van der Waals surface area contributed by atoms with Crippen molar-refractivity contribution in [3.63, 3.8) is 0 Å². The lowest BCUT2D eigenvalue weighted by atomic mass is 10.1. The first kappa shape index (κ1) is 17.2. The lowest BCUT2D eigenvalue weighted by Crippen LogP contribution is -2.11. The Balaban J connectivity index is 1.79. The van der Waals surface area contributed by atoms with Gasteiger partial charge in [-0.05, 0) is 12.5 Å². The van der Waals surface area contributed by atoms with E-state index in [0.717, 1.165) is 34.9 Å². The number of aliphatic hydroxyl groups is 1. The fourth-order valence-electron chi connectivity index (χ4n) is 3.31. The monoisotopic (exact) mass is 358 g/mol. The molecule has 1 N–H and O–H groups in total. The van der Waals surface area contributed by atoms with Gasteiger partial charge in [-0.1, -0.05) is 60.7 Å². The normalized spacial score (nSPS) is 12.2. The van der Waals surface area contributed by atoms with Gasteiger partial charge in [-0.2, -0.15) is 0 Å². The second-order valence-corrected chi connectivity index (χ2v) is 6.42. The number of imidazole rings is 2. The summed E-state index contributed by atoms with van der Waals surface area (Å²) >= 11 is 0. The summed E-state index contributed by atoms with van der Waals surface area (Å²) in [5.41, 5.74) is 3.71. The first-order chi connectivity index (χ1) is 13.3. The Bertz CT molecular complexity index is 1010. The van der Waals surface area contributed by atoms with Gasteiger partial charge in [-0.25, -0.2) is 9.97 Å². The van der Waals surface area contributed by atoms with E-state index in [1.807, 2.05) is 71.4 Å². The molecule has 0 spiro atoms. The predicted octanol–water partition coefficient (Wildman–Crippen LogP) is 4.17. The zero-order chi connectivity index (χ0) is 18.6. The molecule has 0 aliphatic carbocycles. The van der Waals surface area contributed by atoms with Crippen molar-refractivity contribution < 1.29 is 5.11 Å². The van der Waals surface area contributed by atoms with Gasteiger partial charge in [0.05, 0.1) is 24.7 Å². The summed E-state index contributed by atoms with van der Waals surface area (Å²) in [5.74, 6) is 0.856. The molecule has 5 heteroatoms. The summed E-state index contributed by atoms with van der Waals surface area (Å²) in [7, 11) is 0. The maximum absolute atomic E-state index is 10.7. The molecule has 5 nitrogen and oxygen atoms in total. The minimum atomic E-state index is -0.618. The van der Waals surface area contributed by atoms with Gasteiger partial charge in [-0.3, -0.25) is 0 Å². The molecule has 0 radical (unpaired) electrons. The molecule has 4 rings (SSSR count). The fraction of sp³-hybridized carbons (Fsp3) is 0.182. The zero-order valence-corrected chi connectivity index (χ0v) is 15.2. The van der Waals surface area contributed by atoms with Gasteiger partial charge < -0.3 is 14.2 Å². The second kappa shape index (κ2) is 7.60. The molecule has 27 heavy (non-hydrogen) atoms. The van der Waals surface area contributed by atoms with Crippen molar-refractivity contribution in [2.45, 2.75) is 26.1 Å². The van der Waals surface area contributed by atoms with Crippen molar-refractivity contribution in [1.82, 2.24) is 19.1 Å². The van der Waals surface area contributed by atoms with Crippen LogP contribution in [-0.4, -0.2) is 24.2 Å². The number of benzene rings is 2. The third-order valence-corrected chi connectivity index (χ3v) is 4.71. The van der Waals surface area contributed by atoms with Gasteiger partial charge in [0.2, 0.25) is 0 Å². The molecule has 4 aromatic rings. The van der Waals surface area contributed by atoms with Crippen molar-refractivity contribution in [2.75, 3.05) is 0 Å². The number of nitrogens with zero attached hydrogens (tertiary/aromatic N) is 4. The van der Waals surface area contributed by atoms with Crippen LogP contribution in [0.1, 0.15) is 18.6 Å². The molecule has 0 saturated heterocycles. The maximum atomic E-state index is 10.7. The van der Waals surface area contributed by atoms with Crippen LogP contribution in [0.25, 0.3) is 22.8 Å². The molecule has 0 bridgehead atoms. The third-order valence-electron chi connectivity index (χ3n) is 4.71. The molecule has 2 aromatic carbocycles. The maximum Gasteiger partial charge on any atom is 0.158 e. The summed E-state index contributed by atoms with van der Waals surface area (Å²) in [6.07, 6.45) is 4.94. The molecule has 2 aromatic heterocycles. The molecule has 0 saturated carbocycles. The van der Waals surface area contributed by atoms with E-state index in [1.54, 1.807) is 12.5 Å². The highest BCUT2D eigenvalue weighted by molar-refractivity contribution is 5.75. The van der Waals surface area contributed by atoms with E-state index in [9.17, 15) is 5.11 Å². The van der Waals surface area contributed by atoms with Crippen molar-refractivity contribution in [3.8, 4) is 22.8 Å². The van der Waals surface area contributed by atoms with Crippen molar-refractivity contribution in [3.05, 3.63) is 84.9 Å². The van der Waals surface area contributed by atoms with Crippen LogP contribution in [0, 0.1) is 0 Å². The molecule has 0 amide bonds. The summed E-state index contributed by atoms with van der Waals surface area (Å²) in [6.45, 7) is 3.32. The van der Waals surface area contributed by atoms with Gasteiger partial charge in [0.25, 0.3) is 0 Å². The Hall–Kier alpha value is -3.18. The lowest BCUT2D eigenvalue weighted by molar-refractivity contribution is 0.157. The Kier molecular flexibility index (Phi) is 4.85. The van der Waals surface area contributed by atoms with Crippen LogP contribution in [0.4, 0.5) is 0 Å². The minimum absolute atomic E-state index is 0.412. The summed E-state index contributed by atoms with van der Waals surface area (Å²) in [6, 6.07) is 19.8. The summed E-state index contributed by atoms with van der Waals surface area (Å²) in [5, 5.41) is 10.7. The lowest BCUT2D eigenvalue weighted by Gasteiger charge is -2.15. The average Bonchev–Trinajstić information content (AvgIpc) is 3.35. The summed E-state index contributed by atoms with van der Waals surface area (Å²) in [4.78, 5) is 9.24. The number of aryl methyl sites for hydroxylation is 1. The SMILES string of the molecule is CCn1ccnc1-c1c(-c2ccccc2)ncn1C[C@@H](O)c1ccccc1. The van der Waals surface area contributed by atoms with Crippen LogP contribution < -0.4 is 0 Å². The van der Waals surface area contributed by atoms with E-state index in [2.05, 4.69) is 21.5 Å². The van der Waals surface area contributed by atoms with Crippen LogP contribution in [0.5, 0.6) is 0 Å². The quantitative estimate of drug-likeness (QED) is 0.563. The van der Waals surface area contributed by atoms with E-state index >= 15 is 0 Å². The standard InChI is InChI=1S/C22H22N4O/c1-2-25-14-13-23-22(25)21-20(18-11-7-4-8-12-18)24-16-26(21)15-19(27)17-9-5-3-6-10-17/h3-14,16,19,27H,2,15H2,1H3/t19-/m1/s1. The van der Waals surface area contributed by atoms with Crippen LogP contribution >= 0.6 is 0 Å². The Morgan fingerprint density at radius 3 is 2.33 bits per heavy atom. The molecule has 1 atom stereocenters. The van der Waals surface area contributed by atoms with E-state index in [4.69, 9.17) is 0 Å². The van der Waals surface area contributed by atoms with Crippen molar-refractivity contribution in [2.24, 2.45) is 0 Å². The third kappa shape index (κ3) is 3.41. The van der Waals surface area contributed by atoms with Gasteiger partial charge in [0.1, 0.15) is 5.69 Å². The molecule has 0 unspecified atom stereocenters. The minimum Gasteiger partial charge on any atom is -0.387 e. The Morgan fingerprint density at radius 1 is 0.926 bits per heavy atom. The molecule has 0 fully saturated rings. The first-order valence-electron chi connectivity index (χ1n) is 9.13. The Labute approximate surface area is 158 Å². The van der Waals surface area contributed by atoms with Gasteiger partial charge in [0.15, 0.2) is 5.82 Å². The first-order valence-corrected chi connectivity index (χ1v) is 9.13. The number of hydrogen-bond donors (Lipinski definition) is 1. The molecule has 136 valence electrons. The zero-order valence-electron chi connectivity index (χ0n) is 15.2. The second-order valence-electron chi connectivity index (χ2n) is 6.42. The Morgan fingerprint density at radius 2 is 1.63 bits per heavy atom. The molecule has 0 aliphatic heterocycles. The van der Waals surface area contributed by atoms with Gasteiger partial charge >= 0.3 is 0 Å². The number of aliphatic hydroxyl groups excluding tert-OH is 1.